The minimum atomic E-state index is -0.0318. The van der Waals surface area contributed by atoms with Crippen LogP contribution in [0.2, 0.25) is 0 Å². The molecule has 0 atom stereocenters. The number of rotatable bonds is 2. The molecule has 1 aliphatic heterocycles. The number of amides is 1. The van der Waals surface area contributed by atoms with E-state index in [1.807, 2.05) is 29.2 Å². The Balaban J connectivity index is 1.62. The molecule has 0 unspecified atom stereocenters. The smallest absolute Gasteiger partial charge is 0.275 e. The van der Waals surface area contributed by atoms with Crippen LogP contribution in [0.5, 0.6) is 0 Å². The van der Waals surface area contributed by atoms with E-state index >= 15 is 0 Å². The average Bonchev–Trinajstić information content (AvgIpc) is 3.02. The fourth-order valence-electron chi connectivity index (χ4n) is 2.27. The number of benzene rings is 1. The van der Waals surface area contributed by atoms with Gasteiger partial charge in [-0.3, -0.25) is 4.79 Å². The number of hydrogen-bond acceptors (Lipinski definition) is 6. The molecular weight excluding hydrogens is 274 g/mol. The van der Waals surface area contributed by atoms with Crippen molar-refractivity contribution in [3.05, 3.63) is 35.3 Å². The van der Waals surface area contributed by atoms with Gasteiger partial charge in [0, 0.05) is 42.9 Å². The van der Waals surface area contributed by atoms with Crippen molar-refractivity contribution in [2.75, 3.05) is 36.8 Å². The van der Waals surface area contributed by atoms with Crippen molar-refractivity contribution in [1.29, 1.82) is 0 Å². The predicted molar refractivity (Wildman–Crippen MR) is 78.9 cm³/mol. The summed E-state index contributed by atoms with van der Waals surface area (Å²) in [5, 5.41) is 5.52. The quantitative estimate of drug-likeness (QED) is 0.837. The van der Waals surface area contributed by atoms with Crippen LogP contribution in [0, 0.1) is 0 Å². The number of hydrogen-bond donors (Lipinski definition) is 1. The van der Waals surface area contributed by atoms with Crippen LogP contribution in [0.4, 0.5) is 11.4 Å². The van der Waals surface area contributed by atoms with Crippen LogP contribution in [0.3, 0.4) is 0 Å². The maximum atomic E-state index is 12.1. The van der Waals surface area contributed by atoms with Crippen molar-refractivity contribution in [2.45, 2.75) is 0 Å². The number of piperazine rings is 1. The van der Waals surface area contributed by atoms with Gasteiger partial charge >= 0.3 is 0 Å². The van der Waals surface area contributed by atoms with Crippen LogP contribution in [-0.4, -0.2) is 46.6 Å². The molecule has 1 aromatic heterocycles. The Morgan fingerprint density at radius 3 is 2.45 bits per heavy atom. The van der Waals surface area contributed by atoms with Gasteiger partial charge in [-0.15, -0.1) is 5.10 Å². The van der Waals surface area contributed by atoms with Gasteiger partial charge in [0.1, 0.15) is 0 Å². The van der Waals surface area contributed by atoms with Gasteiger partial charge in [-0.1, -0.05) is 4.49 Å². The lowest BCUT2D eigenvalue weighted by atomic mass is 10.2. The molecule has 7 heteroatoms. The fraction of sp³-hybridized carbons (Fsp3) is 0.308. The number of nitrogens with zero attached hydrogens (tertiary/aromatic N) is 4. The molecule has 0 saturated carbocycles. The Morgan fingerprint density at radius 1 is 1.15 bits per heavy atom. The molecular formula is C13H15N5OS. The number of anilines is 2. The molecule has 20 heavy (non-hydrogen) atoms. The molecule has 0 aliphatic carbocycles. The third-order valence-corrected chi connectivity index (χ3v) is 3.91. The first-order chi connectivity index (χ1) is 9.74. The molecule has 0 radical (unpaired) electrons. The van der Waals surface area contributed by atoms with E-state index in [0.29, 0.717) is 18.8 Å². The summed E-state index contributed by atoms with van der Waals surface area (Å²) in [6, 6.07) is 7.82. The van der Waals surface area contributed by atoms with Gasteiger partial charge in [-0.2, -0.15) is 0 Å². The zero-order valence-electron chi connectivity index (χ0n) is 10.9. The summed E-state index contributed by atoms with van der Waals surface area (Å²) in [6.07, 6.45) is 0. The van der Waals surface area contributed by atoms with Crippen LogP contribution in [0.25, 0.3) is 0 Å². The van der Waals surface area contributed by atoms with Gasteiger partial charge in [0.2, 0.25) is 0 Å². The van der Waals surface area contributed by atoms with Crippen molar-refractivity contribution in [3.8, 4) is 0 Å². The first-order valence-corrected chi connectivity index (χ1v) is 7.24. The SMILES string of the molecule is Nc1ccc(N2CCN(C(=O)c3csnn3)CC2)cc1. The van der Waals surface area contributed by atoms with Crippen LogP contribution >= 0.6 is 11.5 Å². The minimum Gasteiger partial charge on any atom is -0.399 e. The number of nitrogens with two attached hydrogens (primary N) is 1. The van der Waals surface area contributed by atoms with E-state index in [1.165, 1.54) is 11.5 Å². The largest absolute Gasteiger partial charge is 0.399 e. The Labute approximate surface area is 121 Å². The van der Waals surface area contributed by atoms with Gasteiger partial charge < -0.3 is 15.5 Å². The Kier molecular flexibility index (Phi) is 3.51. The summed E-state index contributed by atoms with van der Waals surface area (Å²) < 4.78 is 3.73. The van der Waals surface area contributed by atoms with Gasteiger partial charge in [-0.25, -0.2) is 0 Å². The second kappa shape index (κ2) is 5.46. The molecule has 1 saturated heterocycles. The molecule has 0 bridgehead atoms. The summed E-state index contributed by atoms with van der Waals surface area (Å²) in [5.74, 6) is -0.0318. The first-order valence-electron chi connectivity index (χ1n) is 6.41. The zero-order chi connectivity index (χ0) is 13.9. The van der Waals surface area contributed by atoms with Crippen LogP contribution in [0.1, 0.15) is 10.5 Å². The molecule has 2 heterocycles. The highest BCUT2D eigenvalue weighted by Gasteiger charge is 2.23. The molecule has 1 amide bonds. The van der Waals surface area contributed by atoms with E-state index < -0.39 is 0 Å². The molecule has 1 fully saturated rings. The Hall–Kier alpha value is -2.15. The van der Waals surface area contributed by atoms with Crippen LogP contribution in [-0.2, 0) is 0 Å². The minimum absolute atomic E-state index is 0.0318. The lowest BCUT2D eigenvalue weighted by Crippen LogP contribution is -2.48. The summed E-state index contributed by atoms with van der Waals surface area (Å²) in [4.78, 5) is 16.2. The van der Waals surface area contributed by atoms with E-state index in [4.69, 9.17) is 5.73 Å². The lowest BCUT2D eigenvalue weighted by molar-refractivity contribution is 0.0741. The molecule has 6 nitrogen and oxygen atoms in total. The van der Waals surface area contributed by atoms with Crippen LogP contribution < -0.4 is 10.6 Å². The number of nitrogen functional groups attached to an aromatic ring is 1. The molecule has 104 valence electrons. The predicted octanol–water partition coefficient (Wildman–Crippen LogP) is 1.08. The summed E-state index contributed by atoms with van der Waals surface area (Å²) >= 11 is 1.20. The van der Waals surface area contributed by atoms with Crippen molar-refractivity contribution in [3.63, 3.8) is 0 Å². The van der Waals surface area contributed by atoms with Crippen molar-refractivity contribution < 1.29 is 4.79 Å². The highest BCUT2D eigenvalue weighted by Crippen LogP contribution is 2.18. The van der Waals surface area contributed by atoms with Gasteiger partial charge in [0.25, 0.3) is 5.91 Å². The van der Waals surface area contributed by atoms with E-state index in [-0.39, 0.29) is 5.91 Å². The van der Waals surface area contributed by atoms with Crippen molar-refractivity contribution in [1.82, 2.24) is 14.5 Å². The Morgan fingerprint density at radius 2 is 1.85 bits per heavy atom. The molecule has 1 aliphatic rings. The maximum absolute atomic E-state index is 12.1. The third kappa shape index (κ3) is 2.57. The molecule has 3 rings (SSSR count). The van der Waals surface area contributed by atoms with E-state index in [1.54, 1.807) is 5.38 Å². The summed E-state index contributed by atoms with van der Waals surface area (Å²) in [7, 11) is 0. The molecule has 2 N–H and O–H groups in total. The van der Waals surface area contributed by atoms with Gasteiger partial charge in [-0.05, 0) is 35.8 Å². The van der Waals surface area contributed by atoms with Crippen molar-refractivity contribution in [2.24, 2.45) is 0 Å². The second-order valence-electron chi connectivity index (χ2n) is 4.66. The van der Waals surface area contributed by atoms with E-state index in [9.17, 15) is 4.79 Å². The molecule has 2 aromatic rings. The second-order valence-corrected chi connectivity index (χ2v) is 5.27. The van der Waals surface area contributed by atoms with Gasteiger partial charge in [0.15, 0.2) is 5.69 Å². The zero-order valence-corrected chi connectivity index (χ0v) is 11.7. The summed E-state index contributed by atoms with van der Waals surface area (Å²) in [6.45, 7) is 3.02. The highest BCUT2D eigenvalue weighted by atomic mass is 32.1. The third-order valence-electron chi connectivity index (χ3n) is 3.40. The first kappa shape index (κ1) is 12.9. The van der Waals surface area contributed by atoms with E-state index in [0.717, 1.165) is 24.5 Å². The topological polar surface area (TPSA) is 75.3 Å². The lowest BCUT2D eigenvalue weighted by Gasteiger charge is -2.35. The highest BCUT2D eigenvalue weighted by molar-refractivity contribution is 7.03. The Bertz CT molecular complexity index is 575. The standard InChI is InChI=1S/C13H15N5OS/c14-10-1-3-11(4-2-10)17-5-7-18(8-6-17)13(19)12-9-20-16-15-12/h1-4,9H,5-8,14H2. The fourth-order valence-corrected chi connectivity index (χ4v) is 2.70. The monoisotopic (exact) mass is 289 g/mol. The maximum Gasteiger partial charge on any atom is 0.275 e. The van der Waals surface area contributed by atoms with Crippen LogP contribution in [0.15, 0.2) is 29.6 Å². The average molecular weight is 289 g/mol. The molecule has 1 aromatic carbocycles. The number of carbonyl (C=O) groups excluding carboxylic acids is 1. The number of aromatic nitrogens is 2. The van der Waals surface area contributed by atoms with Gasteiger partial charge in [0.05, 0.1) is 0 Å². The molecule has 0 spiro atoms. The normalized spacial score (nSPS) is 15.4. The van der Waals surface area contributed by atoms with Crippen molar-refractivity contribution >= 4 is 28.8 Å². The number of carbonyl (C=O) groups is 1. The van der Waals surface area contributed by atoms with E-state index in [2.05, 4.69) is 14.5 Å². The summed E-state index contributed by atoms with van der Waals surface area (Å²) in [5.41, 5.74) is 8.03.